The van der Waals surface area contributed by atoms with Gasteiger partial charge in [-0.25, -0.2) is 8.42 Å². The Morgan fingerprint density at radius 1 is 1.12 bits per heavy atom. The molecule has 2 aliphatic rings. The summed E-state index contributed by atoms with van der Waals surface area (Å²) in [6, 6.07) is 13.8. The maximum absolute atomic E-state index is 13.1. The minimum absolute atomic E-state index is 0.0535. The fourth-order valence-corrected chi connectivity index (χ4v) is 5.75. The van der Waals surface area contributed by atoms with E-state index in [2.05, 4.69) is 5.32 Å². The number of para-hydroxylation sites is 2. The van der Waals surface area contributed by atoms with Crippen LogP contribution in [0, 0.1) is 5.92 Å². The standard InChI is InChI=1S/C23H27N3O6S/c1-31-20-8-4-3-7-19(20)26-16-18(14-22(26)27)23(28)24-15-17-6-2-5-9-21(17)33(29,30)25-10-12-32-13-11-25/h2-9,18H,10-16H2,1H3,(H,24,28). The minimum Gasteiger partial charge on any atom is -0.495 e. The van der Waals surface area contributed by atoms with Crippen molar-refractivity contribution in [2.24, 2.45) is 5.92 Å². The molecule has 1 atom stereocenters. The normalized spacial score (nSPS) is 19.5. The highest BCUT2D eigenvalue weighted by molar-refractivity contribution is 7.89. The third kappa shape index (κ3) is 4.87. The number of hydrogen-bond acceptors (Lipinski definition) is 6. The number of ether oxygens (including phenoxy) is 2. The van der Waals surface area contributed by atoms with Crippen LogP contribution in [0.4, 0.5) is 5.69 Å². The molecule has 0 radical (unpaired) electrons. The van der Waals surface area contributed by atoms with E-state index in [4.69, 9.17) is 9.47 Å². The number of benzene rings is 2. The van der Waals surface area contributed by atoms with Gasteiger partial charge in [0.15, 0.2) is 0 Å². The van der Waals surface area contributed by atoms with Crippen LogP contribution in [0.25, 0.3) is 0 Å². The number of carbonyl (C=O) groups excluding carboxylic acids is 2. The van der Waals surface area contributed by atoms with Gasteiger partial charge >= 0.3 is 0 Å². The Labute approximate surface area is 193 Å². The number of hydrogen-bond donors (Lipinski definition) is 1. The van der Waals surface area contributed by atoms with Gasteiger partial charge in [0.2, 0.25) is 21.8 Å². The molecule has 1 N–H and O–H groups in total. The van der Waals surface area contributed by atoms with E-state index < -0.39 is 15.9 Å². The first kappa shape index (κ1) is 23.2. The number of morpholine rings is 1. The van der Waals surface area contributed by atoms with Gasteiger partial charge < -0.3 is 19.7 Å². The highest BCUT2D eigenvalue weighted by atomic mass is 32.2. The van der Waals surface area contributed by atoms with Crippen LogP contribution in [-0.4, -0.2) is 64.5 Å². The SMILES string of the molecule is COc1ccccc1N1CC(C(=O)NCc2ccccc2S(=O)(=O)N2CCOCC2)CC1=O. The summed E-state index contributed by atoms with van der Waals surface area (Å²) in [7, 11) is -2.16. The molecule has 10 heteroatoms. The lowest BCUT2D eigenvalue weighted by molar-refractivity contribution is -0.126. The fourth-order valence-electron chi connectivity index (χ4n) is 4.12. The third-order valence-electron chi connectivity index (χ3n) is 5.89. The summed E-state index contributed by atoms with van der Waals surface area (Å²) in [5.41, 5.74) is 1.13. The first-order valence-electron chi connectivity index (χ1n) is 10.8. The maximum atomic E-state index is 13.1. The predicted octanol–water partition coefficient (Wildman–Crippen LogP) is 1.39. The van der Waals surface area contributed by atoms with E-state index in [9.17, 15) is 18.0 Å². The van der Waals surface area contributed by atoms with Gasteiger partial charge in [-0.15, -0.1) is 0 Å². The first-order chi connectivity index (χ1) is 15.9. The second-order valence-corrected chi connectivity index (χ2v) is 9.83. The van der Waals surface area contributed by atoms with Gasteiger partial charge in [0.05, 0.1) is 36.8 Å². The van der Waals surface area contributed by atoms with Gasteiger partial charge in [-0.3, -0.25) is 9.59 Å². The molecule has 0 spiro atoms. The van der Waals surface area contributed by atoms with Crippen LogP contribution in [0.15, 0.2) is 53.4 Å². The summed E-state index contributed by atoms with van der Waals surface area (Å²) in [4.78, 5) is 27.2. The Bertz CT molecular complexity index is 1130. The largest absolute Gasteiger partial charge is 0.495 e. The number of nitrogens with one attached hydrogen (secondary N) is 1. The van der Waals surface area contributed by atoms with Gasteiger partial charge in [0, 0.05) is 32.6 Å². The quantitative estimate of drug-likeness (QED) is 0.652. The van der Waals surface area contributed by atoms with E-state index in [-0.39, 0.29) is 36.2 Å². The summed E-state index contributed by atoms with van der Waals surface area (Å²) in [6.45, 7) is 1.60. The number of methoxy groups -OCH3 is 1. The third-order valence-corrected chi connectivity index (χ3v) is 7.88. The molecule has 2 heterocycles. The highest BCUT2D eigenvalue weighted by Gasteiger charge is 2.36. The summed E-state index contributed by atoms with van der Waals surface area (Å²) < 4.78 is 38.2. The lowest BCUT2D eigenvalue weighted by Gasteiger charge is -2.27. The predicted molar refractivity (Wildman–Crippen MR) is 121 cm³/mol. The fraction of sp³-hybridized carbons (Fsp3) is 0.391. The number of sulfonamides is 1. The van der Waals surface area contributed by atoms with E-state index in [0.29, 0.717) is 43.3 Å². The van der Waals surface area contributed by atoms with Gasteiger partial charge in [-0.2, -0.15) is 4.31 Å². The van der Waals surface area contributed by atoms with Gasteiger partial charge in [0.1, 0.15) is 5.75 Å². The Morgan fingerprint density at radius 3 is 2.58 bits per heavy atom. The van der Waals surface area contributed by atoms with Gasteiger partial charge in [0.25, 0.3) is 0 Å². The van der Waals surface area contributed by atoms with E-state index in [1.807, 2.05) is 12.1 Å². The molecule has 2 aromatic carbocycles. The van der Waals surface area contributed by atoms with Gasteiger partial charge in [-0.1, -0.05) is 30.3 Å². The molecule has 0 aliphatic carbocycles. The van der Waals surface area contributed by atoms with Crippen molar-refractivity contribution in [2.45, 2.75) is 17.9 Å². The Balaban J connectivity index is 1.44. The van der Waals surface area contributed by atoms with Crippen molar-refractivity contribution in [1.82, 2.24) is 9.62 Å². The average Bonchev–Trinajstić information content (AvgIpc) is 3.24. The second-order valence-electron chi connectivity index (χ2n) is 7.92. The molecular weight excluding hydrogens is 446 g/mol. The molecule has 0 aromatic heterocycles. The van der Waals surface area contributed by atoms with E-state index >= 15 is 0 Å². The molecule has 0 saturated carbocycles. The second kappa shape index (κ2) is 9.90. The molecule has 0 bridgehead atoms. The monoisotopic (exact) mass is 473 g/mol. The van der Waals surface area contributed by atoms with Crippen LogP contribution >= 0.6 is 0 Å². The number of nitrogens with zero attached hydrogens (tertiary/aromatic N) is 2. The zero-order chi connectivity index (χ0) is 23.4. The zero-order valence-corrected chi connectivity index (χ0v) is 19.2. The summed E-state index contributed by atoms with van der Waals surface area (Å²) in [6.07, 6.45) is 0.0810. The number of amides is 2. The number of carbonyl (C=O) groups is 2. The molecule has 2 amide bonds. The van der Waals surface area contributed by atoms with Crippen molar-refractivity contribution in [1.29, 1.82) is 0 Å². The maximum Gasteiger partial charge on any atom is 0.243 e. The highest BCUT2D eigenvalue weighted by Crippen LogP contribution is 2.33. The van der Waals surface area contributed by atoms with Crippen LogP contribution in [0.2, 0.25) is 0 Å². The van der Waals surface area contributed by atoms with E-state index in [0.717, 1.165) is 0 Å². The lowest BCUT2D eigenvalue weighted by Crippen LogP contribution is -2.41. The van der Waals surface area contributed by atoms with Crippen molar-refractivity contribution < 1.29 is 27.5 Å². The van der Waals surface area contributed by atoms with E-state index in [1.165, 1.54) is 11.4 Å². The van der Waals surface area contributed by atoms with Crippen LogP contribution in [-0.2, 0) is 30.9 Å². The smallest absolute Gasteiger partial charge is 0.243 e. The lowest BCUT2D eigenvalue weighted by atomic mass is 10.1. The molecule has 176 valence electrons. The molecule has 2 aromatic rings. The molecule has 33 heavy (non-hydrogen) atoms. The molecule has 2 aliphatic heterocycles. The van der Waals surface area contributed by atoms with Crippen LogP contribution in [0.1, 0.15) is 12.0 Å². The summed E-state index contributed by atoms with van der Waals surface area (Å²) in [5.74, 6) is -0.422. The Morgan fingerprint density at radius 2 is 1.82 bits per heavy atom. The summed E-state index contributed by atoms with van der Waals surface area (Å²) >= 11 is 0. The minimum atomic E-state index is -3.70. The zero-order valence-electron chi connectivity index (χ0n) is 18.4. The molecule has 4 rings (SSSR count). The van der Waals surface area contributed by atoms with Crippen LogP contribution < -0.4 is 15.0 Å². The summed E-state index contributed by atoms with van der Waals surface area (Å²) in [5, 5.41) is 2.82. The van der Waals surface area contributed by atoms with Crippen LogP contribution in [0.3, 0.4) is 0 Å². The van der Waals surface area contributed by atoms with Crippen molar-refractivity contribution in [3.05, 3.63) is 54.1 Å². The molecule has 9 nitrogen and oxygen atoms in total. The topological polar surface area (TPSA) is 105 Å². The number of anilines is 1. The Hall–Kier alpha value is -2.95. The number of rotatable bonds is 7. The molecule has 2 fully saturated rings. The molecule has 2 saturated heterocycles. The van der Waals surface area contributed by atoms with Crippen LogP contribution in [0.5, 0.6) is 5.75 Å². The average molecular weight is 474 g/mol. The first-order valence-corrected chi connectivity index (χ1v) is 12.2. The molecule has 1 unspecified atom stereocenters. The van der Waals surface area contributed by atoms with E-state index in [1.54, 1.807) is 41.3 Å². The Kier molecular flexibility index (Phi) is 6.96. The molecular formula is C23H27N3O6S. The van der Waals surface area contributed by atoms with Crippen molar-refractivity contribution in [2.75, 3.05) is 44.9 Å². The van der Waals surface area contributed by atoms with Crippen molar-refractivity contribution in [3.63, 3.8) is 0 Å². The van der Waals surface area contributed by atoms with Gasteiger partial charge in [-0.05, 0) is 23.8 Å². The van der Waals surface area contributed by atoms with Crippen molar-refractivity contribution in [3.8, 4) is 5.75 Å². The van der Waals surface area contributed by atoms with Crippen molar-refractivity contribution >= 4 is 27.5 Å².